The number of hydrogen-bond acceptors (Lipinski definition) is 3. The molecule has 3 nitrogen and oxygen atoms in total. The van der Waals surface area contributed by atoms with Crippen LogP contribution in [-0.4, -0.2) is 31.1 Å². The maximum absolute atomic E-state index is 8.96. The molecule has 1 heterocycles. The van der Waals surface area contributed by atoms with Gasteiger partial charge in [-0.2, -0.15) is 5.26 Å². The molecule has 0 saturated carbocycles. The molecule has 78 valence electrons. The molecule has 0 aromatic heterocycles. The van der Waals surface area contributed by atoms with Gasteiger partial charge in [-0.05, 0) is 18.7 Å². The summed E-state index contributed by atoms with van der Waals surface area (Å²) in [5.41, 5.74) is 1.91. The molecule has 1 N–H and O–H groups in total. The molecule has 0 bridgehead atoms. The number of nitrogens with zero attached hydrogens (tertiary/aromatic N) is 2. The smallest absolute Gasteiger partial charge is 0.0995 e. The summed E-state index contributed by atoms with van der Waals surface area (Å²) >= 11 is 0. The van der Waals surface area contributed by atoms with Crippen molar-refractivity contribution < 1.29 is 0 Å². The van der Waals surface area contributed by atoms with E-state index in [1.807, 2.05) is 24.3 Å². The van der Waals surface area contributed by atoms with Crippen molar-refractivity contribution in [1.82, 2.24) is 10.2 Å². The van der Waals surface area contributed by atoms with E-state index >= 15 is 0 Å². The summed E-state index contributed by atoms with van der Waals surface area (Å²) in [6.07, 6.45) is 0. The molecule has 0 spiro atoms. The molecule has 2 rings (SSSR count). The Bertz CT molecular complexity index is 377. The fraction of sp³-hybridized carbons (Fsp3) is 0.417. The maximum Gasteiger partial charge on any atom is 0.0995 e. The Morgan fingerprint density at radius 3 is 2.80 bits per heavy atom. The summed E-state index contributed by atoms with van der Waals surface area (Å²) in [5.74, 6) is 0. The Balaban J connectivity index is 2.06. The van der Waals surface area contributed by atoms with Crippen LogP contribution in [-0.2, 0) is 6.54 Å². The number of rotatable bonds is 3. The minimum atomic E-state index is 0.622. The predicted molar refractivity (Wildman–Crippen MR) is 59.3 cm³/mol. The van der Waals surface area contributed by atoms with E-state index in [0.717, 1.165) is 30.8 Å². The summed E-state index contributed by atoms with van der Waals surface area (Å²) in [5, 5.41) is 12.2. The largest absolute Gasteiger partial charge is 0.314 e. The van der Waals surface area contributed by atoms with E-state index in [0.29, 0.717) is 6.04 Å². The highest BCUT2D eigenvalue weighted by Crippen LogP contribution is 2.12. The predicted octanol–water partition coefficient (Wildman–Crippen LogP) is 0.962. The van der Waals surface area contributed by atoms with Crippen molar-refractivity contribution in [3.63, 3.8) is 0 Å². The molecule has 0 atom stereocenters. The van der Waals surface area contributed by atoms with Gasteiger partial charge in [-0.1, -0.05) is 18.2 Å². The van der Waals surface area contributed by atoms with Gasteiger partial charge in [-0.3, -0.25) is 4.90 Å². The third-order valence-electron chi connectivity index (χ3n) is 2.94. The fourth-order valence-corrected chi connectivity index (χ4v) is 1.75. The Labute approximate surface area is 90.3 Å². The monoisotopic (exact) mass is 201 g/mol. The first kappa shape index (κ1) is 10.2. The first-order chi connectivity index (χ1) is 7.31. The SMILES string of the molecule is CN(Cc1ccccc1C#N)C1CNC1. The molecule has 1 fully saturated rings. The van der Waals surface area contributed by atoms with Crippen molar-refractivity contribution in [1.29, 1.82) is 5.26 Å². The van der Waals surface area contributed by atoms with Crippen LogP contribution in [0.5, 0.6) is 0 Å². The quantitative estimate of drug-likeness (QED) is 0.791. The molecule has 1 aromatic rings. The van der Waals surface area contributed by atoms with Gasteiger partial charge in [0.2, 0.25) is 0 Å². The van der Waals surface area contributed by atoms with Crippen LogP contribution in [0.2, 0.25) is 0 Å². The van der Waals surface area contributed by atoms with E-state index in [1.54, 1.807) is 0 Å². The number of nitriles is 1. The highest BCUT2D eigenvalue weighted by Gasteiger charge is 2.21. The molecule has 1 aliphatic heterocycles. The number of nitrogens with one attached hydrogen (secondary N) is 1. The molecular formula is C12H15N3. The number of hydrogen-bond donors (Lipinski definition) is 1. The Kier molecular flexibility index (Phi) is 3.00. The summed E-state index contributed by atoms with van der Waals surface area (Å²) in [7, 11) is 2.11. The van der Waals surface area contributed by atoms with Gasteiger partial charge in [-0.25, -0.2) is 0 Å². The van der Waals surface area contributed by atoms with Crippen molar-refractivity contribution in [3.8, 4) is 6.07 Å². The Morgan fingerprint density at radius 1 is 1.47 bits per heavy atom. The molecule has 0 amide bonds. The fourth-order valence-electron chi connectivity index (χ4n) is 1.75. The van der Waals surface area contributed by atoms with E-state index in [2.05, 4.69) is 23.3 Å². The van der Waals surface area contributed by atoms with Crippen LogP contribution in [0, 0.1) is 11.3 Å². The Morgan fingerprint density at radius 2 is 2.20 bits per heavy atom. The van der Waals surface area contributed by atoms with Gasteiger partial charge in [0.15, 0.2) is 0 Å². The van der Waals surface area contributed by atoms with E-state index in [4.69, 9.17) is 5.26 Å². The van der Waals surface area contributed by atoms with Crippen molar-refractivity contribution in [3.05, 3.63) is 35.4 Å². The van der Waals surface area contributed by atoms with Crippen molar-refractivity contribution in [2.24, 2.45) is 0 Å². The topological polar surface area (TPSA) is 39.1 Å². The van der Waals surface area contributed by atoms with Crippen LogP contribution in [0.15, 0.2) is 24.3 Å². The van der Waals surface area contributed by atoms with Crippen LogP contribution in [0.25, 0.3) is 0 Å². The second-order valence-electron chi connectivity index (χ2n) is 4.00. The van der Waals surface area contributed by atoms with Crippen molar-refractivity contribution in [2.75, 3.05) is 20.1 Å². The zero-order chi connectivity index (χ0) is 10.7. The summed E-state index contributed by atoms with van der Waals surface area (Å²) in [6.45, 7) is 2.98. The molecule has 1 aromatic carbocycles. The van der Waals surface area contributed by atoms with Crippen LogP contribution in [0.1, 0.15) is 11.1 Å². The molecule has 1 saturated heterocycles. The highest BCUT2D eigenvalue weighted by atomic mass is 15.2. The zero-order valence-electron chi connectivity index (χ0n) is 8.90. The van der Waals surface area contributed by atoms with E-state index in [9.17, 15) is 0 Å². The van der Waals surface area contributed by atoms with Crippen LogP contribution in [0.4, 0.5) is 0 Å². The zero-order valence-corrected chi connectivity index (χ0v) is 8.90. The third-order valence-corrected chi connectivity index (χ3v) is 2.94. The molecule has 3 heteroatoms. The van der Waals surface area contributed by atoms with Gasteiger partial charge in [0, 0.05) is 25.7 Å². The number of benzene rings is 1. The molecule has 15 heavy (non-hydrogen) atoms. The second kappa shape index (κ2) is 4.43. The lowest BCUT2D eigenvalue weighted by Gasteiger charge is -2.35. The average Bonchev–Trinajstić information content (AvgIpc) is 2.15. The van der Waals surface area contributed by atoms with E-state index in [1.165, 1.54) is 0 Å². The lowest BCUT2D eigenvalue weighted by molar-refractivity contribution is 0.173. The summed E-state index contributed by atoms with van der Waals surface area (Å²) in [4.78, 5) is 2.30. The molecule has 0 unspecified atom stereocenters. The van der Waals surface area contributed by atoms with Crippen LogP contribution < -0.4 is 5.32 Å². The van der Waals surface area contributed by atoms with Gasteiger partial charge in [0.05, 0.1) is 11.6 Å². The lowest BCUT2D eigenvalue weighted by atomic mass is 10.1. The minimum Gasteiger partial charge on any atom is -0.314 e. The van der Waals surface area contributed by atoms with Gasteiger partial charge in [0.1, 0.15) is 0 Å². The maximum atomic E-state index is 8.96. The van der Waals surface area contributed by atoms with Gasteiger partial charge < -0.3 is 5.32 Å². The van der Waals surface area contributed by atoms with Gasteiger partial charge >= 0.3 is 0 Å². The van der Waals surface area contributed by atoms with E-state index in [-0.39, 0.29) is 0 Å². The van der Waals surface area contributed by atoms with Crippen LogP contribution >= 0.6 is 0 Å². The molecule has 0 aliphatic carbocycles. The summed E-state index contributed by atoms with van der Waals surface area (Å²) < 4.78 is 0. The first-order valence-corrected chi connectivity index (χ1v) is 5.20. The average molecular weight is 201 g/mol. The lowest BCUT2D eigenvalue weighted by Crippen LogP contribution is -2.55. The highest BCUT2D eigenvalue weighted by molar-refractivity contribution is 5.37. The molecule has 0 radical (unpaired) electrons. The van der Waals surface area contributed by atoms with Gasteiger partial charge in [0.25, 0.3) is 0 Å². The van der Waals surface area contributed by atoms with Gasteiger partial charge in [-0.15, -0.1) is 0 Å². The third kappa shape index (κ3) is 2.17. The minimum absolute atomic E-state index is 0.622. The van der Waals surface area contributed by atoms with Crippen molar-refractivity contribution >= 4 is 0 Å². The van der Waals surface area contributed by atoms with Crippen molar-refractivity contribution in [2.45, 2.75) is 12.6 Å². The number of likely N-dealkylation sites (N-methyl/N-ethyl adjacent to an activating group) is 1. The Hall–Kier alpha value is -1.37. The second-order valence-corrected chi connectivity index (χ2v) is 4.00. The van der Waals surface area contributed by atoms with Crippen LogP contribution in [0.3, 0.4) is 0 Å². The molecule has 1 aliphatic rings. The normalized spacial score (nSPS) is 16.1. The molecular weight excluding hydrogens is 186 g/mol. The van der Waals surface area contributed by atoms with E-state index < -0.39 is 0 Å². The first-order valence-electron chi connectivity index (χ1n) is 5.20. The summed E-state index contributed by atoms with van der Waals surface area (Å²) in [6, 6.07) is 10.7. The standard InChI is InChI=1S/C12H15N3/c1-15(12-7-14-8-12)9-11-5-3-2-4-10(11)6-13/h2-5,12,14H,7-9H2,1H3.